The van der Waals surface area contributed by atoms with Crippen LogP contribution in [0.4, 0.5) is 4.79 Å². The maximum absolute atomic E-state index is 12.4. The number of ether oxygens (including phenoxy) is 1. The van der Waals surface area contributed by atoms with Crippen LogP contribution in [0.2, 0.25) is 5.02 Å². The normalized spacial score (nSPS) is 23.9. The molecule has 2 atom stereocenters. The maximum atomic E-state index is 12.4. The minimum absolute atomic E-state index is 0.395. The standard InChI is InChI=1S/C22H25ClN2O2/c1-14-5-8-21(20(9-14)16-3-2-4-17(23)12-16)27-22(26)24-13-15-10-18-6-7-19(11-15)25-18/h2-5,8-9,12,15,18-19,25H,6-7,10-11,13H2,1H3,(H,24,26). The number of hydrogen-bond donors (Lipinski definition) is 2. The molecule has 1 amide bonds. The minimum atomic E-state index is -0.395. The molecule has 2 fully saturated rings. The number of piperidine rings is 1. The first-order chi connectivity index (χ1) is 13.1. The van der Waals surface area contributed by atoms with Crippen LogP contribution in [0.5, 0.6) is 5.75 Å². The summed E-state index contributed by atoms with van der Waals surface area (Å²) in [5.74, 6) is 1.08. The van der Waals surface area contributed by atoms with Crippen molar-refractivity contribution >= 4 is 17.7 Å². The highest BCUT2D eigenvalue weighted by atomic mass is 35.5. The predicted octanol–water partition coefficient (Wildman–Crippen LogP) is 4.93. The van der Waals surface area contributed by atoms with Crippen molar-refractivity contribution < 1.29 is 9.53 Å². The van der Waals surface area contributed by atoms with Crippen molar-refractivity contribution in [2.45, 2.75) is 44.7 Å². The van der Waals surface area contributed by atoms with E-state index in [0.29, 0.717) is 35.3 Å². The van der Waals surface area contributed by atoms with Gasteiger partial charge in [0.05, 0.1) is 0 Å². The highest BCUT2D eigenvalue weighted by Crippen LogP contribution is 2.33. The lowest BCUT2D eigenvalue weighted by Gasteiger charge is -2.29. The van der Waals surface area contributed by atoms with E-state index in [-0.39, 0.29) is 0 Å². The van der Waals surface area contributed by atoms with Crippen LogP contribution in [0, 0.1) is 12.8 Å². The Labute approximate surface area is 165 Å². The first-order valence-electron chi connectivity index (χ1n) is 9.65. The molecule has 0 aliphatic carbocycles. The van der Waals surface area contributed by atoms with Gasteiger partial charge in [-0.05, 0) is 68.4 Å². The van der Waals surface area contributed by atoms with E-state index in [1.807, 2.05) is 49.4 Å². The summed E-state index contributed by atoms with van der Waals surface area (Å²) in [4.78, 5) is 12.4. The van der Waals surface area contributed by atoms with Gasteiger partial charge in [-0.25, -0.2) is 4.79 Å². The molecule has 4 rings (SSSR count). The second kappa shape index (κ2) is 7.91. The third-order valence-corrected chi connectivity index (χ3v) is 5.81. The van der Waals surface area contributed by atoms with Crippen molar-refractivity contribution in [3.05, 3.63) is 53.1 Å². The number of hydrogen-bond acceptors (Lipinski definition) is 3. The lowest BCUT2D eigenvalue weighted by molar-refractivity contribution is 0.195. The smallest absolute Gasteiger partial charge is 0.410 e. The Hall–Kier alpha value is -2.04. The molecular formula is C22H25ClN2O2. The van der Waals surface area contributed by atoms with Crippen LogP contribution in [0.3, 0.4) is 0 Å². The summed E-state index contributed by atoms with van der Waals surface area (Å²) >= 11 is 6.13. The van der Waals surface area contributed by atoms with E-state index in [4.69, 9.17) is 16.3 Å². The number of nitrogens with one attached hydrogen (secondary N) is 2. The predicted molar refractivity (Wildman–Crippen MR) is 108 cm³/mol. The fourth-order valence-corrected chi connectivity index (χ4v) is 4.51. The molecule has 2 saturated heterocycles. The molecule has 0 saturated carbocycles. The quantitative estimate of drug-likeness (QED) is 0.785. The average molecular weight is 385 g/mol. The van der Waals surface area contributed by atoms with E-state index in [2.05, 4.69) is 10.6 Å². The van der Waals surface area contributed by atoms with Gasteiger partial charge in [0.15, 0.2) is 0 Å². The number of aryl methyl sites for hydroxylation is 1. The summed E-state index contributed by atoms with van der Waals surface area (Å²) in [6.45, 7) is 2.69. The number of halogens is 1. The van der Waals surface area contributed by atoms with Crippen LogP contribution < -0.4 is 15.4 Å². The van der Waals surface area contributed by atoms with Crippen LogP contribution in [0.15, 0.2) is 42.5 Å². The van der Waals surface area contributed by atoms with Crippen LogP contribution >= 0.6 is 11.6 Å². The fraction of sp³-hybridized carbons (Fsp3) is 0.409. The van der Waals surface area contributed by atoms with Crippen molar-refractivity contribution in [1.29, 1.82) is 0 Å². The first-order valence-corrected chi connectivity index (χ1v) is 10.0. The Morgan fingerprint density at radius 2 is 1.96 bits per heavy atom. The third-order valence-electron chi connectivity index (χ3n) is 5.58. The van der Waals surface area contributed by atoms with E-state index < -0.39 is 6.09 Å². The Morgan fingerprint density at radius 3 is 2.70 bits per heavy atom. The summed E-state index contributed by atoms with van der Waals surface area (Å²) in [7, 11) is 0. The number of carbonyl (C=O) groups excluding carboxylic acids is 1. The van der Waals surface area contributed by atoms with Crippen molar-refractivity contribution in [2.75, 3.05) is 6.54 Å². The maximum Gasteiger partial charge on any atom is 0.412 e. The van der Waals surface area contributed by atoms with E-state index in [9.17, 15) is 4.79 Å². The SMILES string of the molecule is Cc1ccc(OC(=O)NCC2CC3CCC(C2)N3)c(-c2cccc(Cl)c2)c1. The molecule has 2 heterocycles. The minimum Gasteiger partial charge on any atom is -0.410 e. The Kier molecular flexibility index (Phi) is 5.37. The molecule has 2 aliphatic heterocycles. The molecule has 5 heteroatoms. The van der Waals surface area contributed by atoms with Crippen LogP contribution in [-0.4, -0.2) is 24.7 Å². The number of carbonyl (C=O) groups is 1. The van der Waals surface area contributed by atoms with Crippen molar-refractivity contribution in [3.8, 4) is 16.9 Å². The molecule has 0 spiro atoms. The van der Waals surface area contributed by atoms with Crippen molar-refractivity contribution in [3.63, 3.8) is 0 Å². The summed E-state index contributed by atoms with van der Waals surface area (Å²) in [6.07, 6.45) is 4.40. The molecule has 2 aromatic carbocycles. The second-order valence-corrected chi connectivity index (χ2v) is 8.19. The summed E-state index contributed by atoms with van der Waals surface area (Å²) in [6, 6.07) is 14.6. The molecule has 2 N–H and O–H groups in total. The van der Waals surface area contributed by atoms with Gasteiger partial charge in [-0.1, -0.05) is 35.4 Å². The van der Waals surface area contributed by atoms with Crippen molar-refractivity contribution in [2.24, 2.45) is 5.92 Å². The monoisotopic (exact) mass is 384 g/mol. The summed E-state index contributed by atoms with van der Waals surface area (Å²) in [5, 5.41) is 7.25. The number of rotatable bonds is 4. The summed E-state index contributed by atoms with van der Waals surface area (Å²) < 4.78 is 5.65. The highest BCUT2D eigenvalue weighted by molar-refractivity contribution is 6.30. The van der Waals surface area contributed by atoms with E-state index in [0.717, 1.165) is 29.5 Å². The average Bonchev–Trinajstić information content (AvgIpc) is 2.99. The molecule has 4 nitrogen and oxygen atoms in total. The third kappa shape index (κ3) is 4.45. The molecule has 2 aromatic rings. The summed E-state index contributed by atoms with van der Waals surface area (Å²) in [5.41, 5.74) is 2.90. The topological polar surface area (TPSA) is 50.4 Å². The van der Waals surface area contributed by atoms with Gasteiger partial charge in [0.25, 0.3) is 0 Å². The number of fused-ring (bicyclic) bond motifs is 2. The fourth-order valence-electron chi connectivity index (χ4n) is 4.32. The van der Waals surface area contributed by atoms with Gasteiger partial charge in [-0.3, -0.25) is 0 Å². The van der Waals surface area contributed by atoms with Crippen LogP contribution in [0.1, 0.15) is 31.2 Å². The zero-order chi connectivity index (χ0) is 18.8. The molecule has 2 bridgehead atoms. The lowest BCUT2D eigenvalue weighted by Crippen LogP contribution is -2.42. The van der Waals surface area contributed by atoms with Gasteiger partial charge in [-0.2, -0.15) is 0 Å². The largest absolute Gasteiger partial charge is 0.412 e. The zero-order valence-electron chi connectivity index (χ0n) is 15.5. The Morgan fingerprint density at radius 1 is 1.19 bits per heavy atom. The van der Waals surface area contributed by atoms with E-state index in [1.165, 1.54) is 12.8 Å². The van der Waals surface area contributed by atoms with Crippen molar-refractivity contribution in [1.82, 2.24) is 10.6 Å². The van der Waals surface area contributed by atoms with E-state index >= 15 is 0 Å². The van der Waals surface area contributed by atoms with Gasteiger partial charge in [0, 0.05) is 29.2 Å². The zero-order valence-corrected chi connectivity index (χ0v) is 16.3. The van der Waals surface area contributed by atoms with Gasteiger partial charge >= 0.3 is 6.09 Å². The highest BCUT2D eigenvalue weighted by Gasteiger charge is 2.33. The second-order valence-electron chi connectivity index (χ2n) is 7.76. The van der Waals surface area contributed by atoms with Crippen LogP contribution in [-0.2, 0) is 0 Å². The first kappa shape index (κ1) is 18.3. The molecule has 2 unspecified atom stereocenters. The molecule has 0 radical (unpaired) electrons. The molecule has 142 valence electrons. The van der Waals surface area contributed by atoms with Crippen LogP contribution in [0.25, 0.3) is 11.1 Å². The Balaban J connectivity index is 1.42. The number of benzene rings is 2. The molecule has 27 heavy (non-hydrogen) atoms. The molecule has 2 aliphatic rings. The van der Waals surface area contributed by atoms with Gasteiger partial charge < -0.3 is 15.4 Å². The Bertz CT molecular complexity index is 827. The number of amides is 1. The van der Waals surface area contributed by atoms with Gasteiger partial charge in [0.2, 0.25) is 0 Å². The molecular weight excluding hydrogens is 360 g/mol. The van der Waals surface area contributed by atoms with E-state index in [1.54, 1.807) is 0 Å². The van der Waals surface area contributed by atoms with Gasteiger partial charge in [0.1, 0.15) is 5.75 Å². The molecule has 0 aromatic heterocycles. The lowest BCUT2D eigenvalue weighted by atomic mass is 9.92. The van der Waals surface area contributed by atoms with Gasteiger partial charge in [-0.15, -0.1) is 0 Å².